The van der Waals surface area contributed by atoms with Crippen molar-refractivity contribution in [1.82, 2.24) is 4.31 Å². The third-order valence-corrected chi connectivity index (χ3v) is 8.54. The van der Waals surface area contributed by atoms with Gasteiger partial charge in [-0.15, -0.1) is 0 Å². The maximum absolute atomic E-state index is 12.7. The lowest BCUT2D eigenvalue weighted by molar-refractivity contribution is 0.102. The van der Waals surface area contributed by atoms with E-state index in [1.165, 1.54) is 22.5 Å². The molecule has 8 nitrogen and oxygen atoms in total. The van der Waals surface area contributed by atoms with E-state index in [1.54, 1.807) is 42.5 Å². The second kappa shape index (κ2) is 9.50. The number of para-hydroxylation sites is 1. The molecular formula is C23H24N2O6S2. The number of nitrogens with zero attached hydrogens (tertiary/aromatic N) is 1. The highest BCUT2D eigenvalue weighted by Gasteiger charge is 2.30. The van der Waals surface area contributed by atoms with Gasteiger partial charge in [0.25, 0.3) is 15.9 Å². The summed E-state index contributed by atoms with van der Waals surface area (Å²) in [5.74, 6) is -1.04. The monoisotopic (exact) mass is 488 g/mol. The van der Waals surface area contributed by atoms with Crippen LogP contribution in [0.1, 0.15) is 34.5 Å². The molecule has 3 aromatic rings. The molecule has 10 heteroatoms. The SMILES string of the molecule is O=C(Nc1ccccc1)c1cccc(CS(=O)(=O)Cc2ccc(S(=O)(=O)N3CCCC3)o2)c1. The molecule has 0 aliphatic carbocycles. The summed E-state index contributed by atoms with van der Waals surface area (Å²) in [5, 5.41) is 2.52. The third kappa shape index (κ3) is 5.70. The Balaban J connectivity index is 1.43. The van der Waals surface area contributed by atoms with Crippen molar-refractivity contribution < 1.29 is 26.0 Å². The summed E-state index contributed by atoms with van der Waals surface area (Å²) in [6.45, 7) is 0.871. The number of benzene rings is 2. The average Bonchev–Trinajstić information content (AvgIpc) is 3.47. The van der Waals surface area contributed by atoms with Crippen molar-refractivity contribution in [2.24, 2.45) is 0 Å². The van der Waals surface area contributed by atoms with E-state index >= 15 is 0 Å². The average molecular weight is 489 g/mol. The van der Waals surface area contributed by atoms with Gasteiger partial charge in [0.2, 0.25) is 5.09 Å². The number of nitrogens with one attached hydrogen (secondary N) is 1. The first-order valence-electron chi connectivity index (χ1n) is 10.5. The van der Waals surface area contributed by atoms with E-state index in [2.05, 4.69) is 5.32 Å². The lowest BCUT2D eigenvalue weighted by Crippen LogP contribution is -2.27. The van der Waals surface area contributed by atoms with Gasteiger partial charge in [0, 0.05) is 24.3 Å². The van der Waals surface area contributed by atoms with Crippen LogP contribution < -0.4 is 5.32 Å². The number of anilines is 1. The summed E-state index contributed by atoms with van der Waals surface area (Å²) in [6, 6.07) is 18.0. The Morgan fingerprint density at radius 3 is 2.33 bits per heavy atom. The molecule has 1 saturated heterocycles. The van der Waals surface area contributed by atoms with Crippen LogP contribution in [0.5, 0.6) is 0 Å². The quantitative estimate of drug-likeness (QED) is 0.520. The van der Waals surface area contributed by atoms with Crippen LogP contribution in [-0.4, -0.2) is 40.1 Å². The first kappa shape index (κ1) is 23.2. The predicted molar refractivity (Wildman–Crippen MR) is 124 cm³/mol. The summed E-state index contributed by atoms with van der Waals surface area (Å²) in [4.78, 5) is 12.5. The van der Waals surface area contributed by atoms with E-state index < -0.39 is 25.6 Å². The van der Waals surface area contributed by atoms with Gasteiger partial charge >= 0.3 is 0 Å². The Hall–Kier alpha value is -2.95. The van der Waals surface area contributed by atoms with Crippen LogP contribution in [0.25, 0.3) is 0 Å². The minimum atomic E-state index is -3.75. The van der Waals surface area contributed by atoms with Crippen molar-refractivity contribution in [3.63, 3.8) is 0 Å². The summed E-state index contributed by atoms with van der Waals surface area (Å²) in [5.41, 5.74) is 1.42. The van der Waals surface area contributed by atoms with Crippen LogP contribution in [-0.2, 0) is 31.4 Å². The minimum absolute atomic E-state index is 0.0609. The van der Waals surface area contributed by atoms with Crippen LogP contribution in [0.3, 0.4) is 0 Å². The fourth-order valence-corrected chi connectivity index (χ4v) is 6.50. The molecule has 1 aliphatic heterocycles. The fourth-order valence-electron chi connectivity index (χ4n) is 3.68. The van der Waals surface area contributed by atoms with Gasteiger partial charge in [0.1, 0.15) is 11.5 Å². The molecule has 0 radical (unpaired) electrons. The number of hydrogen-bond acceptors (Lipinski definition) is 6. The lowest BCUT2D eigenvalue weighted by Gasteiger charge is -2.12. The maximum atomic E-state index is 12.7. The molecule has 174 valence electrons. The van der Waals surface area contributed by atoms with Crippen molar-refractivity contribution >= 4 is 31.5 Å². The van der Waals surface area contributed by atoms with E-state index in [-0.39, 0.29) is 22.5 Å². The van der Waals surface area contributed by atoms with Crippen LogP contribution in [0, 0.1) is 0 Å². The van der Waals surface area contributed by atoms with Crippen molar-refractivity contribution in [3.8, 4) is 0 Å². The fraction of sp³-hybridized carbons (Fsp3) is 0.261. The number of furan rings is 1. The highest BCUT2D eigenvalue weighted by atomic mass is 32.2. The second-order valence-corrected chi connectivity index (χ2v) is 11.8. The number of rotatable bonds is 8. The molecule has 2 aromatic carbocycles. The zero-order valence-electron chi connectivity index (χ0n) is 17.8. The summed E-state index contributed by atoms with van der Waals surface area (Å²) < 4.78 is 57.4. The molecular weight excluding hydrogens is 464 g/mol. The lowest BCUT2D eigenvalue weighted by atomic mass is 10.1. The van der Waals surface area contributed by atoms with Gasteiger partial charge in [-0.05, 0) is 54.8 Å². The number of sulfone groups is 1. The van der Waals surface area contributed by atoms with Gasteiger partial charge in [-0.2, -0.15) is 4.31 Å². The van der Waals surface area contributed by atoms with Crippen LogP contribution in [0.2, 0.25) is 0 Å². The van der Waals surface area contributed by atoms with Crippen molar-refractivity contribution in [2.45, 2.75) is 29.4 Å². The molecule has 1 aliphatic rings. The highest BCUT2D eigenvalue weighted by molar-refractivity contribution is 7.90. The van der Waals surface area contributed by atoms with E-state index in [4.69, 9.17) is 4.42 Å². The molecule has 1 amide bonds. The summed E-state index contributed by atoms with van der Waals surface area (Å²) >= 11 is 0. The Morgan fingerprint density at radius 1 is 0.879 bits per heavy atom. The van der Waals surface area contributed by atoms with Gasteiger partial charge < -0.3 is 9.73 Å². The first-order chi connectivity index (χ1) is 15.7. The number of carbonyl (C=O) groups excluding carboxylic acids is 1. The molecule has 4 rings (SSSR count). The summed E-state index contributed by atoms with van der Waals surface area (Å²) in [7, 11) is -7.42. The van der Waals surface area contributed by atoms with Gasteiger partial charge in [0.05, 0.1) is 5.75 Å². The van der Waals surface area contributed by atoms with Crippen LogP contribution in [0.15, 0.2) is 76.2 Å². The van der Waals surface area contributed by atoms with Gasteiger partial charge in [-0.25, -0.2) is 16.8 Å². The van der Waals surface area contributed by atoms with Crippen molar-refractivity contribution in [1.29, 1.82) is 0 Å². The van der Waals surface area contributed by atoms with Crippen molar-refractivity contribution in [2.75, 3.05) is 18.4 Å². The van der Waals surface area contributed by atoms with Crippen LogP contribution >= 0.6 is 0 Å². The van der Waals surface area contributed by atoms with Crippen LogP contribution in [0.4, 0.5) is 5.69 Å². The minimum Gasteiger partial charge on any atom is -0.447 e. The Kier molecular flexibility index (Phi) is 6.68. The zero-order chi connectivity index (χ0) is 23.5. The molecule has 1 N–H and O–H groups in total. The van der Waals surface area contributed by atoms with E-state index in [0.29, 0.717) is 29.9 Å². The zero-order valence-corrected chi connectivity index (χ0v) is 19.4. The number of carbonyl (C=O) groups is 1. The predicted octanol–water partition coefficient (Wildman–Crippen LogP) is 3.43. The number of sulfonamides is 1. The Morgan fingerprint density at radius 2 is 1.61 bits per heavy atom. The Labute approximate surface area is 193 Å². The molecule has 1 aromatic heterocycles. The smallest absolute Gasteiger partial charge is 0.276 e. The molecule has 1 fully saturated rings. The first-order valence-corrected chi connectivity index (χ1v) is 13.7. The van der Waals surface area contributed by atoms with Gasteiger partial charge in [-0.1, -0.05) is 30.3 Å². The Bertz CT molecular complexity index is 1340. The highest BCUT2D eigenvalue weighted by Crippen LogP contribution is 2.24. The molecule has 0 atom stereocenters. The van der Waals surface area contributed by atoms with Gasteiger partial charge in [0.15, 0.2) is 9.84 Å². The molecule has 2 heterocycles. The normalized spacial score (nSPS) is 14.9. The largest absolute Gasteiger partial charge is 0.447 e. The van der Waals surface area contributed by atoms with Gasteiger partial charge in [-0.3, -0.25) is 4.79 Å². The third-order valence-electron chi connectivity index (χ3n) is 5.27. The number of amides is 1. The number of hydrogen-bond donors (Lipinski definition) is 1. The topological polar surface area (TPSA) is 114 Å². The molecule has 0 saturated carbocycles. The summed E-state index contributed by atoms with van der Waals surface area (Å²) in [6.07, 6.45) is 1.59. The second-order valence-electron chi connectivity index (χ2n) is 7.88. The standard InChI is InChI=1S/C23H24N2O6S2/c26-23(24-20-9-2-1-3-10-20)19-8-6-7-18(15-19)16-32(27,28)17-21-11-12-22(31-21)33(29,30)25-13-4-5-14-25/h1-3,6-12,15H,4-5,13-14,16-17H2,(H,24,26). The molecule has 0 unspecified atom stereocenters. The molecule has 33 heavy (non-hydrogen) atoms. The molecule has 0 bridgehead atoms. The van der Waals surface area contributed by atoms with Crippen molar-refractivity contribution in [3.05, 3.63) is 83.6 Å². The molecule has 0 spiro atoms. The maximum Gasteiger partial charge on any atom is 0.276 e. The van der Waals surface area contributed by atoms with E-state index in [0.717, 1.165) is 12.8 Å². The van der Waals surface area contributed by atoms with E-state index in [9.17, 15) is 21.6 Å². The van der Waals surface area contributed by atoms with E-state index in [1.807, 2.05) is 6.07 Å².